The molecule has 0 radical (unpaired) electrons. The van der Waals surface area contributed by atoms with Crippen LogP contribution in [0.4, 0.5) is 15.8 Å². The van der Waals surface area contributed by atoms with Gasteiger partial charge in [0, 0.05) is 10.2 Å². The molecule has 1 aliphatic heterocycles. The van der Waals surface area contributed by atoms with E-state index >= 15 is 0 Å². The van der Waals surface area contributed by atoms with Gasteiger partial charge in [0.1, 0.15) is 5.82 Å². The smallest absolute Gasteiger partial charge is 0.270 e. The molecule has 1 heterocycles. The average molecular weight is 573 g/mol. The zero-order valence-corrected chi connectivity index (χ0v) is 21.5. The van der Waals surface area contributed by atoms with Gasteiger partial charge in [-0.1, -0.05) is 46.0 Å². The molecule has 3 aromatic rings. The number of halogens is 2. The van der Waals surface area contributed by atoms with E-state index in [0.717, 1.165) is 16.2 Å². The van der Waals surface area contributed by atoms with Gasteiger partial charge >= 0.3 is 0 Å². The van der Waals surface area contributed by atoms with Crippen LogP contribution in [0.3, 0.4) is 0 Å². The molecule has 2 amide bonds. The lowest BCUT2D eigenvalue weighted by Crippen LogP contribution is -2.27. The molecule has 10 heteroatoms. The van der Waals surface area contributed by atoms with Crippen molar-refractivity contribution in [3.8, 4) is 11.5 Å². The maximum Gasteiger partial charge on any atom is 0.270 e. The van der Waals surface area contributed by atoms with Gasteiger partial charge in [0.05, 0.1) is 17.7 Å². The highest BCUT2D eigenvalue weighted by Crippen LogP contribution is 2.37. The summed E-state index contributed by atoms with van der Waals surface area (Å²) in [6.07, 6.45) is 1.69. The van der Waals surface area contributed by atoms with Crippen molar-refractivity contribution in [1.29, 1.82) is 0 Å². The van der Waals surface area contributed by atoms with E-state index in [2.05, 4.69) is 21.2 Å². The first-order chi connectivity index (χ1) is 16.8. The molecule has 6 nitrogen and oxygen atoms in total. The number of benzene rings is 3. The molecule has 0 atom stereocenters. The van der Waals surface area contributed by atoms with Crippen molar-refractivity contribution in [2.45, 2.75) is 0 Å². The third-order valence-electron chi connectivity index (χ3n) is 4.85. The molecule has 3 aromatic carbocycles. The van der Waals surface area contributed by atoms with Crippen LogP contribution in [0.1, 0.15) is 5.56 Å². The number of thiocarbonyl (C=S) groups is 1. The Labute approximate surface area is 219 Å². The number of carbonyl (C=O) groups excluding carboxylic acids is 2. The summed E-state index contributed by atoms with van der Waals surface area (Å²) in [7, 11) is 1.49. The van der Waals surface area contributed by atoms with Gasteiger partial charge in [0.15, 0.2) is 22.4 Å². The summed E-state index contributed by atoms with van der Waals surface area (Å²) in [5, 5.41) is 2.75. The number of hydrogen-bond donors (Lipinski definition) is 1. The van der Waals surface area contributed by atoms with Gasteiger partial charge in [-0.2, -0.15) is 0 Å². The summed E-state index contributed by atoms with van der Waals surface area (Å²) in [5.74, 6) is -0.216. The van der Waals surface area contributed by atoms with Crippen molar-refractivity contribution in [3.63, 3.8) is 0 Å². The maximum atomic E-state index is 13.2. The zero-order valence-electron chi connectivity index (χ0n) is 18.3. The van der Waals surface area contributed by atoms with Crippen molar-refractivity contribution < 1.29 is 23.5 Å². The Kier molecular flexibility index (Phi) is 7.84. The highest BCUT2D eigenvalue weighted by molar-refractivity contribution is 9.10. The van der Waals surface area contributed by atoms with Crippen LogP contribution in [-0.2, 0) is 9.59 Å². The van der Waals surface area contributed by atoms with Gasteiger partial charge in [0.2, 0.25) is 0 Å². The second-order valence-electron chi connectivity index (χ2n) is 7.25. The van der Waals surface area contributed by atoms with Gasteiger partial charge < -0.3 is 14.8 Å². The number of rotatable bonds is 7. The normalized spacial score (nSPS) is 14.4. The molecule has 0 aliphatic carbocycles. The van der Waals surface area contributed by atoms with Crippen LogP contribution in [-0.4, -0.2) is 29.9 Å². The van der Waals surface area contributed by atoms with Crippen LogP contribution in [0.5, 0.6) is 11.5 Å². The summed E-state index contributed by atoms with van der Waals surface area (Å²) < 4.78 is 25.6. The summed E-state index contributed by atoms with van der Waals surface area (Å²) in [4.78, 5) is 26.9. The largest absolute Gasteiger partial charge is 0.493 e. The van der Waals surface area contributed by atoms with Crippen molar-refractivity contribution >= 4 is 73.5 Å². The third-order valence-corrected chi connectivity index (χ3v) is 6.68. The molecule has 0 saturated carbocycles. The second-order valence-corrected chi connectivity index (χ2v) is 9.84. The predicted octanol–water partition coefficient (Wildman–Crippen LogP) is 6.02. The predicted molar refractivity (Wildman–Crippen MR) is 143 cm³/mol. The quantitative estimate of drug-likeness (QED) is 0.276. The van der Waals surface area contributed by atoms with E-state index in [1.807, 2.05) is 12.1 Å². The fourth-order valence-corrected chi connectivity index (χ4v) is 4.76. The molecule has 1 fully saturated rings. The number of amides is 2. The number of hydrogen-bond acceptors (Lipinski definition) is 6. The highest BCUT2D eigenvalue weighted by atomic mass is 79.9. The van der Waals surface area contributed by atoms with E-state index in [-0.39, 0.29) is 18.4 Å². The molecule has 1 aliphatic rings. The van der Waals surface area contributed by atoms with E-state index in [0.29, 0.717) is 37.7 Å². The van der Waals surface area contributed by atoms with Crippen molar-refractivity contribution in [2.75, 3.05) is 23.9 Å². The van der Waals surface area contributed by atoms with Crippen LogP contribution in [0.2, 0.25) is 0 Å². The molecule has 0 bridgehead atoms. The molecule has 0 aromatic heterocycles. The van der Waals surface area contributed by atoms with E-state index in [9.17, 15) is 14.0 Å². The minimum atomic E-state index is -0.394. The maximum absolute atomic E-state index is 13.2. The number of ether oxygens (including phenoxy) is 2. The van der Waals surface area contributed by atoms with E-state index in [1.165, 1.54) is 36.3 Å². The molecular formula is C25H18BrFN2O4S2. The molecule has 35 heavy (non-hydrogen) atoms. The van der Waals surface area contributed by atoms with Crippen LogP contribution in [0, 0.1) is 5.82 Å². The lowest BCUT2D eigenvalue weighted by molar-refractivity contribution is -0.118. The number of anilines is 2. The molecule has 0 unspecified atom stereocenters. The Morgan fingerprint density at radius 2 is 1.83 bits per heavy atom. The minimum Gasteiger partial charge on any atom is -0.493 e. The fraction of sp³-hybridized carbons (Fsp3) is 0.0800. The molecule has 4 rings (SSSR count). The Morgan fingerprint density at radius 1 is 1.11 bits per heavy atom. The van der Waals surface area contributed by atoms with Crippen LogP contribution in [0.25, 0.3) is 6.08 Å². The minimum absolute atomic E-state index is 0.206. The third kappa shape index (κ3) is 6.08. The SMILES string of the molecule is COc1cc(/C=C2\SC(=S)N(c3ccc(F)cc3)C2=O)ccc1OCC(=O)Nc1ccc(Br)cc1. The monoisotopic (exact) mass is 572 g/mol. The Hall–Kier alpha value is -3.21. The zero-order chi connectivity index (χ0) is 24.9. The highest BCUT2D eigenvalue weighted by Gasteiger charge is 2.33. The first-order valence-electron chi connectivity index (χ1n) is 10.2. The van der Waals surface area contributed by atoms with Crippen LogP contribution < -0.4 is 19.7 Å². The molecule has 1 saturated heterocycles. The Morgan fingerprint density at radius 3 is 2.51 bits per heavy atom. The van der Waals surface area contributed by atoms with E-state index in [1.54, 1.807) is 36.4 Å². The summed E-state index contributed by atoms with van der Waals surface area (Å²) >= 11 is 9.86. The fourth-order valence-electron chi connectivity index (χ4n) is 3.20. The second kappa shape index (κ2) is 11.0. The summed E-state index contributed by atoms with van der Waals surface area (Å²) in [6, 6.07) is 17.9. The lowest BCUT2D eigenvalue weighted by Gasteiger charge is -2.14. The van der Waals surface area contributed by atoms with Crippen LogP contribution >= 0.6 is 39.9 Å². The van der Waals surface area contributed by atoms with Gasteiger partial charge in [0.25, 0.3) is 11.8 Å². The molecular weight excluding hydrogens is 555 g/mol. The lowest BCUT2D eigenvalue weighted by atomic mass is 10.2. The number of nitrogens with one attached hydrogen (secondary N) is 1. The molecule has 0 spiro atoms. The van der Waals surface area contributed by atoms with E-state index in [4.69, 9.17) is 21.7 Å². The average Bonchev–Trinajstić information content (AvgIpc) is 3.12. The first kappa shape index (κ1) is 24.9. The van der Waals surface area contributed by atoms with Gasteiger partial charge in [-0.3, -0.25) is 14.5 Å². The number of carbonyl (C=O) groups is 2. The number of nitrogens with zero attached hydrogens (tertiary/aromatic N) is 1. The molecule has 1 N–H and O–H groups in total. The summed E-state index contributed by atoms with van der Waals surface area (Å²) in [5.41, 5.74) is 1.84. The van der Waals surface area contributed by atoms with E-state index < -0.39 is 5.82 Å². The Balaban J connectivity index is 1.44. The van der Waals surface area contributed by atoms with Crippen LogP contribution in [0.15, 0.2) is 76.1 Å². The first-order valence-corrected chi connectivity index (χ1v) is 12.3. The topological polar surface area (TPSA) is 67.9 Å². The van der Waals surface area contributed by atoms with Crippen molar-refractivity contribution in [3.05, 3.63) is 87.5 Å². The van der Waals surface area contributed by atoms with Gasteiger partial charge in [-0.25, -0.2) is 4.39 Å². The number of thioether (sulfide) groups is 1. The van der Waals surface area contributed by atoms with Crippen molar-refractivity contribution in [1.82, 2.24) is 0 Å². The van der Waals surface area contributed by atoms with Gasteiger partial charge in [-0.15, -0.1) is 0 Å². The summed E-state index contributed by atoms with van der Waals surface area (Å²) in [6.45, 7) is -0.206. The van der Waals surface area contributed by atoms with Crippen molar-refractivity contribution in [2.24, 2.45) is 0 Å². The Bertz CT molecular complexity index is 1310. The van der Waals surface area contributed by atoms with Gasteiger partial charge in [-0.05, 0) is 72.3 Å². The standard InChI is InChI=1S/C25H18BrFN2O4S2/c1-32-21-12-15(2-11-20(21)33-14-23(30)28-18-7-3-16(26)4-8-18)13-22-24(31)29(25(34)35-22)19-9-5-17(27)6-10-19/h2-13H,14H2,1H3,(H,28,30)/b22-13-. The number of methoxy groups -OCH3 is 1. The molecule has 178 valence electrons.